The third kappa shape index (κ3) is 3.12. The summed E-state index contributed by atoms with van der Waals surface area (Å²) < 4.78 is 24.4. The van der Waals surface area contributed by atoms with E-state index in [1.807, 2.05) is 18.2 Å². The molecule has 23 heavy (non-hydrogen) atoms. The molecular weight excluding hydrogens is 310 g/mol. The Labute approximate surface area is 135 Å². The second-order valence-corrected chi connectivity index (χ2v) is 7.17. The number of hydrogen-bond donors (Lipinski definition) is 0. The summed E-state index contributed by atoms with van der Waals surface area (Å²) in [6, 6.07) is 10.6. The molecule has 3 rings (SSSR count). The van der Waals surface area contributed by atoms with E-state index in [0.717, 1.165) is 11.1 Å². The Bertz CT molecular complexity index is 908. The molecule has 0 amide bonds. The third-order valence-electron chi connectivity index (χ3n) is 3.49. The van der Waals surface area contributed by atoms with Crippen LogP contribution in [0.2, 0.25) is 0 Å². The van der Waals surface area contributed by atoms with Gasteiger partial charge >= 0.3 is 0 Å². The highest BCUT2D eigenvalue weighted by molar-refractivity contribution is 7.91. The average Bonchev–Trinajstić information content (AvgIpc) is 2.62. The van der Waals surface area contributed by atoms with Crippen LogP contribution in [0.15, 0.2) is 66.1 Å². The van der Waals surface area contributed by atoms with Crippen LogP contribution in [0.5, 0.6) is 0 Å². The number of pyridine rings is 3. The minimum atomic E-state index is -3.35. The average molecular weight is 325 g/mol. The maximum absolute atomic E-state index is 12.2. The van der Waals surface area contributed by atoms with E-state index in [0.29, 0.717) is 11.4 Å². The van der Waals surface area contributed by atoms with Crippen molar-refractivity contribution in [2.75, 3.05) is 5.75 Å². The second kappa shape index (κ2) is 6.26. The molecule has 0 spiro atoms. The molecule has 0 bridgehead atoms. The highest BCUT2D eigenvalue weighted by Crippen LogP contribution is 2.26. The van der Waals surface area contributed by atoms with Crippen LogP contribution in [-0.2, 0) is 9.84 Å². The molecule has 0 unspecified atom stereocenters. The number of rotatable bonds is 4. The SMILES string of the molecule is CCS(=O)(=O)c1cccnc1-c1ccc(-c2cccnc2)cn1. The normalized spacial score (nSPS) is 11.3. The lowest BCUT2D eigenvalue weighted by Gasteiger charge is -2.08. The monoisotopic (exact) mass is 325 g/mol. The summed E-state index contributed by atoms with van der Waals surface area (Å²) in [6.07, 6.45) is 6.73. The zero-order valence-electron chi connectivity index (χ0n) is 12.5. The Hall–Kier alpha value is -2.60. The van der Waals surface area contributed by atoms with Gasteiger partial charge in [0.05, 0.1) is 16.3 Å². The van der Waals surface area contributed by atoms with Crippen LogP contribution >= 0.6 is 0 Å². The van der Waals surface area contributed by atoms with Crippen molar-refractivity contribution in [3.63, 3.8) is 0 Å². The van der Waals surface area contributed by atoms with E-state index in [9.17, 15) is 8.42 Å². The number of nitrogens with zero attached hydrogens (tertiary/aromatic N) is 3. The largest absolute Gasteiger partial charge is 0.264 e. The minimum Gasteiger partial charge on any atom is -0.264 e. The van der Waals surface area contributed by atoms with Gasteiger partial charge in [0.1, 0.15) is 5.69 Å². The highest BCUT2D eigenvalue weighted by Gasteiger charge is 2.19. The number of sulfone groups is 1. The van der Waals surface area contributed by atoms with E-state index in [1.54, 1.807) is 49.9 Å². The van der Waals surface area contributed by atoms with Gasteiger partial charge in [0.25, 0.3) is 0 Å². The zero-order valence-corrected chi connectivity index (χ0v) is 13.4. The van der Waals surface area contributed by atoms with Crippen LogP contribution in [0.3, 0.4) is 0 Å². The summed E-state index contributed by atoms with van der Waals surface area (Å²) in [5.41, 5.74) is 2.78. The smallest absolute Gasteiger partial charge is 0.180 e. The van der Waals surface area contributed by atoms with Crippen LogP contribution in [0.1, 0.15) is 6.92 Å². The maximum atomic E-state index is 12.2. The predicted molar refractivity (Wildman–Crippen MR) is 88.4 cm³/mol. The van der Waals surface area contributed by atoms with Crippen molar-refractivity contribution in [1.29, 1.82) is 0 Å². The number of aromatic nitrogens is 3. The van der Waals surface area contributed by atoms with Gasteiger partial charge in [-0.05, 0) is 24.3 Å². The molecular formula is C17H15N3O2S. The molecule has 0 aliphatic heterocycles. The molecule has 0 N–H and O–H groups in total. The summed E-state index contributed by atoms with van der Waals surface area (Å²) >= 11 is 0. The van der Waals surface area contributed by atoms with Crippen LogP contribution < -0.4 is 0 Å². The van der Waals surface area contributed by atoms with E-state index in [4.69, 9.17) is 0 Å². The van der Waals surface area contributed by atoms with Crippen molar-refractivity contribution < 1.29 is 8.42 Å². The fourth-order valence-electron chi connectivity index (χ4n) is 2.23. The first-order valence-corrected chi connectivity index (χ1v) is 8.81. The summed E-state index contributed by atoms with van der Waals surface area (Å²) in [5.74, 6) is 0.0272. The fourth-order valence-corrected chi connectivity index (χ4v) is 3.28. The third-order valence-corrected chi connectivity index (χ3v) is 5.25. The highest BCUT2D eigenvalue weighted by atomic mass is 32.2. The van der Waals surface area contributed by atoms with Crippen molar-refractivity contribution in [3.05, 3.63) is 61.2 Å². The van der Waals surface area contributed by atoms with E-state index in [2.05, 4.69) is 15.0 Å². The summed E-state index contributed by atoms with van der Waals surface area (Å²) in [5, 5.41) is 0. The number of hydrogen-bond acceptors (Lipinski definition) is 5. The standard InChI is InChI=1S/C17H15N3O2S/c1-2-23(21,22)16-6-4-10-19-17(16)15-8-7-14(12-20-15)13-5-3-9-18-11-13/h3-12H,2H2,1H3. The first-order valence-electron chi connectivity index (χ1n) is 7.16. The predicted octanol–water partition coefficient (Wildman–Crippen LogP) is 3.00. The Morgan fingerprint density at radius 3 is 2.35 bits per heavy atom. The first-order chi connectivity index (χ1) is 11.1. The lowest BCUT2D eigenvalue weighted by molar-refractivity contribution is 0.597. The molecule has 0 radical (unpaired) electrons. The van der Waals surface area contributed by atoms with Crippen molar-refractivity contribution in [1.82, 2.24) is 15.0 Å². The van der Waals surface area contributed by atoms with Crippen LogP contribution in [0.4, 0.5) is 0 Å². The first kappa shape index (κ1) is 15.3. The minimum absolute atomic E-state index is 0.0272. The summed E-state index contributed by atoms with van der Waals surface area (Å²) in [6.45, 7) is 1.62. The van der Waals surface area contributed by atoms with Gasteiger partial charge in [0, 0.05) is 35.9 Å². The molecule has 5 nitrogen and oxygen atoms in total. The van der Waals surface area contributed by atoms with Crippen LogP contribution in [-0.4, -0.2) is 29.1 Å². The Kier molecular flexibility index (Phi) is 4.16. The molecule has 3 aromatic rings. The molecule has 3 aromatic heterocycles. The molecule has 0 aliphatic carbocycles. The van der Waals surface area contributed by atoms with Gasteiger partial charge in [0.15, 0.2) is 9.84 Å². The summed E-state index contributed by atoms with van der Waals surface area (Å²) in [4.78, 5) is 12.9. The quantitative estimate of drug-likeness (QED) is 0.737. The van der Waals surface area contributed by atoms with Gasteiger partial charge in [-0.2, -0.15) is 0 Å². The van der Waals surface area contributed by atoms with E-state index < -0.39 is 9.84 Å². The molecule has 0 saturated heterocycles. The van der Waals surface area contributed by atoms with Crippen molar-refractivity contribution >= 4 is 9.84 Å². The molecule has 0 aromatic carbocycles. The molecule has 0 aliphatic rings. The lowest BCUT2D eigenvalue weighted by Crippen LogP contribution is -2.07. The van der Waals surface area contributed by atoms with E-state index >= 15 is 0 Å². The van der Waals surface area contributed by atoms with Gasteiger partial charge < -0.3 is 0 Å². The molecule has 6 heteroatoms. The Morgan fingerprint density at radius 2 is 1.70 bits per heavy atom. The van der Waals surface area contributed by atoms with Gasteiger partial charge in [0.2, 0.25) is 0 Å². The molecule has 0 saturated carbocycles. The second-order valence-electron chi connectivity index (χ2n) is 4.93. The van der Waals surface area contributed by atoms with Gasteiger partial charge in [-0.1, -0.05) is 19.1 Å². The topological polar surface area (TPSA) is 72.8 Å². The van der Waals surface area contributed by atoms with Crippen molar-refractivity contribution in [2.45, 2.75) is 11.8 Å². The molecule has 116 valence electrons. The lowest BCUT2D eigenvalue weighted by atomic mass is 10.1. The fraction of sp³-hybridized carbons (Fsp3) is 0.118. The zero-order chi connectivity index (χ0) is 16.3. The van der Waals surface area contributed by atoms with Crippen LogP contribution in [0.25, 0.3) is 22.5 Å². The van der Waals surface area contributed by atoms with Crippen LogP contribution in [0, 0.1) is 0 Å². The Balaban J connectivity index is 2.04. The van der Waals surface area contributed by atoms with Gasteiger partial charge in [-0.3, -0.25) is 15.0 Å². The van der Waals surface area contributed by atoms with Gasteiger partial charge in [-0.25, -0.2) is 8.42 Å². The van der Waals surface area contributed by atoms with Crippen molar-refractivity contribution in [2.24, 2.45) is 0 Å². The Morgan fingerprint density at radius 1 is 0.913 bits per heavy atom. The summed E-state index contributed by atoms with van der Waals surface area (Å²) in [7, 11) is -3.35. The molecule has 3 heterocycles. The van der Waals surface area contributed by atoms with Crippen molar-refractivity contribution in [3.8, 4) is 22.5 Å². The maximum Gasteiger partial charge on any atom is 0.180 e. The van der Waals surface area contributed by atoms with Gasteiger partial charge in [-0.15, -0.1) is 0 Å². The molecule has 0 atom stereocenters. The van der Waals surface area contributed by atoms with E-state index in [1.165, 1.54) is 0 Å². The van der Waals surface area contributed by atoms with E-state index in [-0.39, 0.29) is 10.6 Å². The molecule has 0 fully saturated rings.